The molecule has 0 aliphatic carbocycles. The standard InChI is InChI=1S/C13H15NO10S4/c1-25(15,16)14(26(2,17)18)11-6-4-5-10-9(11)7-8-12(28(21,22)23)13(10)24-27(3,19)20/h4-8H,1-3H3,(H,21,22,23)/p-1. The molecule has 0 saturated carbocycles. The summed E-state index contributed by atoms with van der Waals surface area (Å²) in [6, 6.07) is 5.10. The maximum Gasteiger partial charge on any atom is 0.306 e. The molecule has 0 spiro atoms. The topological polar surface area (TPSA) is 172 Å². The lowest BCUT2D eigenvalue weighted by Gasteiger charge is -2.22. The van der Waals surface area contributed by atoms with E-state index in [0.29, 0.717) is 24.8 Å². The van der Waals surface area contributed by atoms with Crippen LogP contribution in [0.5, 0.6) is 5.75 Å². The van der Waals surface area contributed by atoms with Gasteiger partial charge in [0.05, 0.1) is 29.4 Å². The number of sulfonamides is 2. The average molecular weight is 473 g/mol. The minimum absolute atomic E-state index is 0.0952. The smallest absolute Gasteiger partial charge is 0.306 e. The minimum atomic E-state index is -5.18. The fraction of sp³-hybridized carbons (Fsp3) is 0.231. The van der Waals surface area contributed by atoms with Crippen LogP contribution in [0.3, 0.4) is 0 Å². The van der Waals surface area contributed by atoms with Gasteiger partial charge >= 0.3 is 10.1 Å². The number of anilines is 1. The number of nitrogens with zero attached hydrogens (tertiary/aromatic N) is 1. The lowest BCUT2D eigenvalue weighted by Crippen LogP contribution is -2.35. The van der Waals surface area contributed by atoms with Crippen LogP contribution in [-0.2, 0) is 40.3 Å². The SMILES string of the molecule is CS(=O)(=O)Oc1c(S(=O)(=O)[O-])ccc2c(N(S(C)(=O)=O)S(C)(=O)=O)cccc12. The predicted molar refractivity (Wildman–Crippen MR) is 99.5 cm³/mol. The Morgan fingerprint density at radius 1 is 0.786 bits per heavy atom. The van der Waals surface area contributed by atoms with E-state index >= 15 is 0 Å². The summed E-state index contributed by atoms with van der Waals surface area (Å²) in [7, 11) is -18.2. The Morgan fingerprint density at radius 3 is 1.75 bits per heavy atom. The summed E-state index contributed by atoms with van der Waals surface area (Å²) in [6.45, 7) is 0. The number of rotatable bonds is 6. The molecule has 0 heterocycles. The summed E-state index contributed by atoms with van der Waals surface area (Å²) in [6.07, 6.45) is 1.88. The Bertz CT molecular complexity index is 1340. The van der Waals surface area contributed by atoms with Crippen molar-refractivity contribution in [1.29, 1.82) is 0 Å². The molecule has 2 rings (SSSR count). The zero-order valence-corrected chi connectivity index (χ0v) is 17.8. The second-order valence-electron chi connectivity index (χ2n) is 5.73. The van der Waals surface area contributed by atoms with Gasteiger partial charge in [-0.1, -0.05) is 18.2 Å². The fourth-order valence-corrected chi connectivity index (χ4v) is 6.64. The van der Waals surface area contributed by atoms with E-state index in [9.17, 15) is 38.2 Å². The maximum atomic E-state index is 12.0. The third kappa shape index (κ3) is 4.72. The van der Waals surface area contributed by atoms with Crippen LogP contribution in [0.4, 0.5) is 5.69 Å². The molecule has 0 bridgehead atoms. The molecule has 0 N–H and O–H groups in total. The third-order valence-corrected chi connectivity index (χ3v) is 7.81. The number of fused-ring (bicyclic) bond motifs is 1. The molecule has 0 unspecified atom stereocenters. The van der Waals surface area contributed by atoms with Crippen molar-refractivity contribution in [3.8, 4) is 5.75 Å². The first-order valence-corrected chi connectivity index (χ1v) is 14.0. The van der Waals surface area contributed by atoms with E-state index in [1.54, 1.807) is 0 Å². The molecule has 0 aliphatic heterocycles. The summed E-state index contributed by atoms with van der Waals surface area (Å²) in [4.78, 5) is -1.01. The highest BCUT2D eigenvalue weighted by molar-refractivity contribution is 8.09. The van der Waals surface area contributed by atoms with Crippen molar-refractivity contribution in [2.75, 3.05) is 22.5 Å². The molecule has 0 aliphatic rings. The van der Waals surface area contributed by atoms with Crippen LogP contribution in [0.1, 0.15) is 0 Å². The average Bonchev–Trinajstić information content (AvgIpc) is 2.42. The van der Waals surface area contributed by atoms with E-state index in [-0.39, 0.29) is 14.5 Å². The Labute approximate surface area is 162 Å². The molecule has 2 aromatic rings. The van der Waals surface area contributed by atoms with Gasteiger partial charge in [0, 0.05) is 10.8 Å². The first-order valence-electron chi connectivity index (χ1n) is 7.04. The highest BCUT2D eigenvalue weighted by Gasteiger charge is 2.30. The van der Waals surface area contributed by atoms with Gasteiger partial charge in [-0.3, -0.25) is 0 Å². The van der Waals surface area contributed by atoms with Crippen LogP contribution < -0.4 is 7.89 Å². The van der Waals surface area contributed by atoms with Crippen molar-refractivity contribution < 1.29 is 42.4 Å². The van der Waals surface area contributed by atoms with E-state index in [4.69, 9.17) is 0 Å². The number of benzene rings is 2. The van der Waals surface area contributed by atoms with Crippen LogP contribution >= 0.6 is 0 Å². The Balaban J connectivity index is 3.06. The number of hydrogen-bond donors (Lipinski definition) is 0. The van der Waals surface area contributed by atoms with Crippen LogP contribution in [0.2, 0.25) is 0 Å². The molecular formula is C13H14NO10S4-. The molecule has 0 amide bonds. The van der Waals surface area contributed by atoms with Crippen molar-refractivity contribution in [2.24, 2.45) is 0 Å². The van der Waals surface area contributed by atoms with Crippen LogP contribution in [0.25, 0.3) is 10.8 Å². The first-order chi connectivity index (χ1) is 12.4. The molecule has 0 fully saturated rings. The molecule has 11 nitrogen and oxygen atoms in total. The molecular weight excluding hydrogens is 458 g/mol. The summed E-state index contributed by atoms with van der Waals surface area (Å²) < 4.78 is 110. The van der Waals surface area contributed by atoms with E-state index < -0.39 is 56.6 Å². The van der Waals surface area contributed by atoms with E-state index in [2.05, 4.69) is 4.18 Å². The summed E-state index contributed by atoms with van der Waals surface area (Å²) in [5.41, 5.74) is -0.407. The van der Waals surface area contributed by atoms with Gasteiger partial charge in [0.2, 0.25) is 20.0 Å². The summed E-state index contributed by atoms with van der Waals surface area (Å²) >= 11 is 0. The molecule has 28 heavy (non-hydrogen) atoms. The van der Waals surface area contributed by atoms with E-state index in [1.165, 1.54) is 0 Å². The van der Waals surface area contributed by atoms with Crippen LogP contribution in [-0.4, -0.2) is 57.0 Å². The highest BCUT2D eigenvalue weighted by atomic mass is 32.3. The molecule has 0 saturated heterocycles. The van der Waals surface area contributed by atoms with Gasteiger partial charge in [-0.25, -0.2) is 25.3 Å². The van der Waals surface area contributed by atoms with Crippen molar-refractivity contribution in [3.05, 3.63) is 30.3 Å². The predicted octanol–water partition coefficient (Wildman–Crippen LogP) is -0.192. The molecule has 0 aromatic heterocycles. The summed E-state index contributed by atoms with van der Waals surface area (Å²) in [5, 5.41) is -0.471. The first kappa shape index (κ1) is 22.4. The van der Waals surface area contributed by atoms with Gasteiger partial charge < -0.3 is 8.74 Å². The van der Waals surface area contributed by atoms with Gasteiger partial charge in [-0.05, 0) is 12.1 Å². The van der Waals surface area contributed by atoms with Crippen molar-refractivity contribution in [2.45, 2.75) is 4.90 Å². The summed E-state index contributed by atoms with van der Waals surface area (Å²) in [5.74, 6) is -0.862. The monoisotopic (exact) mass is 472 g/mol. The molecule has 15 heteroatoms. The second kappa shape index (κ2) is 6.84. The normalized spacial score (nSPS) is 13.4. The van der Waals surface area contributed by atoms with Gasteiger partial charge in [-0.15, -0.1) is 0 Å². The zero-order chi connectivity index (χ0) is 21.7. The Kier molecular flexibility index (Phi) is 5.46. The molecule has 2 aromatic carbocycles. The Morgan fingerprint density at radius 2 is 1.32 bits per heavy atom. The Hall–Kier alpha value is -1.94. The highest BCUT2D eigenvalue weighted by Crippen LogP contribution is 2.39. The van der Waals surface area contributed by atoms with Gasteiger partial charge in [0.15, 0.2) is 5.75 Å². The van der Waals surface area contributed by atoms with E-state index in [0.717, 1.165) is 24.3 Å². The van der Waals surface area contributed by atoms with Crippen molar-refractivity contribution in [1.82, 2.24) is 0 Å². The maximum absolute atomic E-state index is 12.0. The van der Waals surface area contributed by atoms with E-state index in [1.807, 2.05) is 0 Å². The van der Waals surface area contributed by atoms with Crippen LogP contribution in [0.15, 0.2) is 35.2 Å². The fourth-order valence-electron chi connectivity index (χ4n) is 2.49. The molecule has 156 valence electrons. The van der Waals surface area contributed by atoms with Gasteiger partial charge in [0.25, 0.3) is 0 Å². The minimum Gasteiger partial charge on any atom is -0.744 e. The largest absolute Gasteiger partial charge is 0.744 e. The number of hydrogen-bond acceptors (Lipinski definition) is 10. The van der Waals surface area contributed by atoms with Crippen LogP contribution in [0, 0.1) is 0 Å². The van der Waals surface area contributed by atoms with Gasteiger partial charge in [0.1, 0.15) is 10.1 Å². The van der Waals surface area contributed by atoms with Crippen molar-refractivity contribution in [3.63, 3.8) is 0 Å². The quantitative estimate of drug-likeness (QED) is 0.405. The lowest BCUT2D eigenvalue weighted by atomic mass is 10.1. The lowest BCUT2D eigenvalue weighted by molar-refractivity contribution is 0.454. The third-order valence-electron chi connectivity index (χ3n) is 3.26. The molecule has 0 radical (unpaired) electrons. The van der Waals surface area contributed by atoms with Crippen molar-refractivity contribution >= 4 is 56.7 Å². The zero-order valence-electron chi connectivity index (χ0n) is 14.5. The van der Waals surface area contributed by atoms with Gasteiger partial charge in [-0.2, -0.15) is 12.1 Å². The second-order valence-corrected chi connectivity index (χ2v) is 12.5. The molecule has 0 atom stereocenters.